The van der Waals surface area contributed by atoms with E-state index >= 15 is 0 Å². The number of hydrogen-bond donors (Lipinski definition) is 3. The molecule has 1 atom stereocenters. The van der Waals surface area contributed by atoms with Crippen molar-refractivity contribution in [1.82, 2.24) is 0 Å². The highest BCUT2D eigenvalue weighted by molar-refractivity contribution is 8.15. The number of benzene rings is 2. The topological polar surface area (TPSA) is 124 Å². The number of hydrogen-bond acceptors (Lipinski definition) is 6. The van der Waals surface area contributed by atoms with Crippen LogP contribution in [0, 0.1) is 0 Å². The van der Waals surface area contributed by atoms with Crippen molar-refractivity contribution in [1.29, 1.82) is 0 Å². The van der Waals surface area contributed by atoms with E-state index in [-0.39, 0.29) is 17.7 Å². The van der Waals surface area contributed by atoms with Gasteiger partial charge in [0.2, 0.25) is 11.8 Å². The van der Waals surface area contributed by atoms with Crippen LogP contribution in [0.5, 0.6) is 5.75 Å². The third kappa shape index (κ3) is 4.10. The molecule has 0 bridgehead atoms. The summed E-state index contributed by atoms with van der Waals surface area (Å²) in [5, 5.41) is 20.1. The molecule has 1 aliphatic heterocycles. The molecule has 0 radical (unpaired) electrons. The average Bonchev–Trinajstić information content (AvgIpc) is 2.89. The number of phenols is 1. The van der Waals surface area contributed by atoms with Crippen LogP contribution in [0.1, 0.15) is 16.8 Å². The minimum Gasteiger partial charge on any atom is -0.507 e. The number of aromatic hydroxyl groups is 1. The molecule has 0 aliphatic carbocycles. The Hall–Kier alpha value is -3.04. The quantitative estimate of drug-likeness (QED) is 0.677. The Morgan fingerprint density at radius 1 is 1.14 bits per heavy atom. The molecule has 28 heavy (non-hydrogen) atoms. The minimum atomic E-state index is -1.30. The van der Waals surface area contributed by atoms with E-state index in [2.05, 4.69) is 5.32 Å². The van der Waals surface area contributed by atoms with Gasteiger partial charge in [0.25, 0.3) is 5.24 Å². The van der Waals surface area contributed by atoms with Gasteiger partial charge in [-0.2, -0.15) is 0 Å². The molecule has 1 heterocycles. The number of aromatic carboxylic acids is 1. The molecule has 8 nitrogen and oxygen atoms in total. The van der Waals surface area contributed by atoms with Crippen molar-refractivity contribution in [2.24, 2.45) is 0 Å². The summed E-state index contributed by atoms with van der Waals surface area (Å²) < 4.78 is 0. The first-order valence-electron chi connectivity index (χ1n) is 7.92. The molecule has 2 aromatic carbocycles. The van der Waals surface area contributed by atoms with Gasteiger partial charge in [0.1, 0.15) is 16.6 Å². The van der Waals surface area contributed by atoms with Crippen molar-refractivity contribution in [3.05, 3.63) is 53.1 Å². The van der Waals surface area contributed by atoms with Gasteiger partial charge in [-0.05, 0) is 48.2 Å². The van der Waals surface area contributed by atoms with Crippen LogP contribution < -0.4 is 10.2 Å². The van der Waals surface area contributed by atoms with Gasteiger partial charge >= 0.3 is 5.97 Å². The lowest BCUT2D eigenvalue weighted by Gasteiger charge is -2.14. The second-order valence-corrected chi connectivity index (χ2v) is 7.40. The van der Waals surface area contributed by atoms with E-state index in [0.29, 0.717) is 10.7 Å². The van der Waals surface area contributed by atoms with E-state index in [1.807, 2.05) is 0 Å². The summed E-state index contributed by atoms with van der Waals surface area (Å²) in [6.07, 6.45) is -0.263. The highest BCUT2D eigenvalue weighted by atomic mass is 35.5. The standard InChI is InChI=1S/C18H13ClN2O6S/c19-9-1-4-11(5-2-9)21-16(24)14(28-18(21)27)8-15(23)20-10-3-6-12(17(25)26)13(22)7-10/h1-7,14,22H,8H2,(H,20,23)(H,25,26). The van der Waals surface area contributed by atoms with Gasteiger partial charge in [0, 0.05) is 23.2 Å². The van der Waals surface area contributed by atoms with E-state index in [4.69, 9.17) is 16.7 Å². The van der Waals surface area contributed by atoms with Gasteiger partial charge < -0.3 is 15.5 Å². The Morgan fingerprint density at radius 3 is 2.43 bits per heavy atom. The second kappa shape index (κ2) is 7.91. The lowest BCUT2D eigenvalue weighted by molar-refractivity contribution is -0.121. The number of anilines is 2. The van der Waals surface area contributed by atoms with Gasteiger partial charge in [0.05, 0.1) is 5.69 Å². The Morgan fingerprint density at radius 2 is 1.82 bits per heavy atom. The molecule has 2 aromatic rings. The first-order valence-corrected chi connectivity index (χ1v) is 9.18. The molecule has 0 spiro atoms. The fraction of sp³-hybridized carbons (Fsp3) is 0.111. The van der Waals surface area contributed by atoms with Crippen molar-refractivity contribution in [3.63, 3.8) is 0 Å². The van der Waals surface area contributed by atoms with Gasteiger partial charge in [-0.25, -0.2) is 9.69 Å². The number of amides is 3. The highest BCUT2D eigenvalue weighted by Gasteiger charge is 2.41. The van der Waals surface area contributed by atoms with Crippen LogP contribution in [0.25, 0.3) is 0 Å². The van der Waals surface area contributed by atoms with Gasteiger partial charge in [-0.1, -0.05) is 11.6 Å². The van der Waals surface area contributed by atoms with Crippen LogP contribution in [0.4, 0.5) is 16.2 Å². The number of nitrogens with zero attached hydrogens (tertiary/aromatic N) is 1. The number of nitrogens with one attached hydrogen (secondary N) is 1. The summed E-state index contributed by atoms with van der Waals surface area (Å²) in [7, 11) is 0. The van der Waals surface area contributed by atoms with Crippen LogP contribution >= 0.6 is 23.4 Å². The molecule has 3 amide bonds. The van der Waals surface area contributed by atoms with Crippen molar-refractivity contribution in [2.45, 2.75) is 11.7 Å². The molecule has 1 aliphatic rings. The lowest BCUT2D eigenvalue weighted by Crippen LogP contribution is -2.32. The largest absolute Gasteiger partial charge is 0.507 e. The number of carbonyl (C=O) groups excluding carboxylic acids is 3. The van der Waals surface area contributed by atoms with Crippen molar-refractivity contribution < 1.29 is 29.4 Å². The maximum absolute atomic E-state index is 12.5. The van der Waals surface area contributed by atoms with Crippen LogP contribution in [0.15, 0.2) is 42.5 Å². The van der Waals surface area contributed by atoms with Crippen molar-refractivity contribution >= 4 is 57.8 Å². The van der Waals surface area contributed by atoms with Crippen LogP contribution in [0.3, 0.4) is 0 Å². The van der Waals surface area contributed by atoms with Crippen molar-refractivity contribution in [2.75, 3.05) is 10.2 Å². The fourth-order valence-electron chi connectivity index (χ4n) is 2.58. The minimum absolute atomic E-state index is 0.170. The summed E-state index contributed by atoms with van der Waals surface area (Å²) >= 11 is 6.55. The Bertz CT molecular complexity index is 979. The number of carbonyl (C=O) groups is 4. The predicted molar refractivity (Wildman–Crippen MR) is 104 cm³/mol. The monoisotopic (exact) mass is 420 g/mol. The molecule has 10 heteroatoms. The molecule has 144 valence electrons. The fourth-order valence-corrected chi connectivity index (χ4v) is 3.69. The van der Waals surface area contributed by atoms with Gasteiger partial charge in [0.15, 0.2) is 0 Å². The molecule has 1 saturated heterocycles. The lowest BCUT2D eigenvalue weighted by atomic mass is 10.1. The Balaban J connectivity index is 1.67. The number of carboxylic acid groups (broad SMARTS) is 1. The summed E-state index contributed by atoms with van der Waals surface area (Å²) in [5.74, 6) is -2.87. The van der Waals surface area contributed by atoms with E-state index in [9.17, 15) is 24.3 Å². The Kier molecular flexibility index (Phi) is 5.57. The van der Waals surface area contributed by atoms with Crippen LogP contribution in [-0.4, -0.2) is 38.5 Å². The number of rotatable bonds is 5. The van der Waals surface area contributed by atoms with Crippen LogP contribution in [0.2, 0.25) is 5.02 Å². The summed E-state index contributed by atoms with van der Waals surface area (Å²) in [5.41, 5.74) is 0.233. The van der Waals surface area contributed by atoms with Crippen LogP contribution in [-0.2, 0) is 9.59 Å². The maximum Gasteiger partial charge on any atom is 0.339 e. The third-order valence-electron chi connectivity index (χ3n) is 3.89. The third-order valence-corrected chi connectivity index (χ3v) is 5.18. The molecule has 0 aromatic heterocycles. The maximum atomic E-state index is 12.5. The second-order valence-electron chi connectivity index (χ2n) is 5.81. The summed E-state index contributed by atoms with van der Waals surface area (Å²) in [4.78, 5) is 48.8. The zero-order valence-corrected chi connectivity index (χ0v) is 15.7. The summed E-state index contributed by atoms with van der Waals surface area (Å²) in [6, 6.07) is 9.73. The van der Waals surface area contributed by atoms with E-state index in [1.165, 1.54) is 18.2 Å². The molecule has 3 rings (SSSR count). The number of imide groups is 1. The number of carboxylic acids is 1. The molecular formula is C18H13ClN2O6S. The van der Waals surface area contributed by atoms with E-state index < -0.39 is 34.0 Å². The number of halogens is 1. The predicted octanol–water partition coefficient (Wildman–Crippen LogP) is 3.34. The van der Waals surface area contributed by atoms with Crippen molar-refractivity contribution in [3.8, 4) is 5.75 Å². The first-order chi connectivity index (χ1) is 13.3. The van der Waals surface area contributed by atoms with E-state index in [0.717, 1.165) is 28.8 Å². The summed E-state index contributed by atoms with van der Waals surface area (Å²) in [6.45, 7) is 0. The number of thioether (sulfide) groups is 1. The normalized spacial score (nSPS) is 16.3. The SMILES string of the molecule is O=C(CC1SC(=O)N(c2ccc(Cl)cc2)C1=O)Nc1ccc(C(=O)O)c(O)c1. The zero-order valence-electron chi connectivity index (χ0n) is 14.1. The smallest absolute Gasteiger partial charge is 0.339 e. The molecular weight excluding hydrogens is 408 g/mol. The average molecular weight is 421 g/mol. The molecule has 1 fully saturated rings. The Labute approximate surface area is 168 Å². The van der Waals surface area contributed by atoms with Gasteiger partial charge in [-0.3, -0.25) is 14.4 Å². The molecule has 3 N–H and O–H groups in total. The molecule has 0 saturated carbocycles. The first kappa shape index (κ1) is 19.7. The molecule has 1 unspecified atom stereocenters. The zero-order chi connectivity index (χ0) is 20.4. The highest BCUT2D eigenvalue weighted by Crippen LogP contribution is 2.34. The van der Waals surface area contributed by atoms with E-state index in [1.54, 1.807) is 12.1 Å². The van der Waals surface area contributed by atoms with Gasteiger partial charge in [-0.15, -0.1) is 0 Å².